The topological polar surface area (TPSA) is 104 Å². The fourth-order valence-electron chi connectivity index (χ4n) is 0.722. The van der Waals surface area contributed by atoms with Gasteiger partial charge in [0.25, 0.3) is 5.97 Å². The summed E-state index contributed by atoms with van der Waals surface area (Å²) in [6.45, 7) is 0. The van der Waals surface area contributed by atoms with Crippen LogP contribution >= 0.6 is 0 Å². The van der Waals surface area contributed by atoms with Crippen molar-refractivity contribution in [2.75, 3.05) is 0 Å². The van der Waals surface area contributed by atoms with Gasteiger partial charge in [-0.1, -0.05) is 0 Å². The Hall–Kier alpha value is -0.478. The van der Waals surface area contributed by atoms with Crippen molar-refractivity contribution in [3.8, 4) is 0 Å². The molecule has 0 atom stereocenters. The van der Waals surface area contributed by atoms with Crippen molar-refractivity contribution in [3.05, 3.63) is 0 Å². The molecule has 0 bridgehead atoms. The molecule has 8 heteroatoms. The average Bonchev–Trinajstić information content (AvgIpc) is 1.96. The molecular formula is C6H12BLiO6. The quantitative estimate of drug-likeness (QED) is 0.354. The van der Waals surface area contributed by atoms with Gasteiger partial charge < -0.3 is 19.8 Å². The third-order valence-electron chi connectivity index (χ3n) is 1.26. The van der Waals surface area contributed by atoms with Crippen molar-refractivity contribution in [3.63, 3.8) is 0 Å². The van der Waals surface area contributed by atoms with Crippen LogP contribution in [-0.4, -0.2) is 53.3 Å². The Bertz CT molecular complexity index is 185. The number of aliphatic carboxylic acids is 1. The van der Waals surface area contributed by atoms with Crippen molar-refractivity contribution >= 4 is 38.1 Å². The third-order valence-corrected chi connectivity index (χ3v) is 1.26. The van der Waals surface area contributed by atoms with E-state index in [2.05, 4.69) is 4.65 Å². The summed E-state index contributed by atoms with van der Waals surface area (Å²) in [4.78, 5) is 20.6. The van der Waals surface area contributed by atoms with Crippen LogP contribution in [0.15, 0.2) is 0 Å². The van der Waals surface area contributed by atoms with Crippen LogP contribution in [0.4, 0.5) is 0 Å². The van der Waals surface area contributed by atoms with E-state index in [0.717, 1.165) is 0 Å². The number of rotatable bonds is 6. The SMILES string of the molecule is O=C(O)CCCCC(=O)OB(O)O.[LiH]. The van der Waals surface area contributed by atoms with Crippen LogP contribution in [0, 0.1) is 0 Å². The summed E-state index contributed by atoms with van der Waals surface area (Å²) in [5, 5.41) is 24.6. The zero-order chi connectivity index (χ0) is 10.3. The summed E-state index contributed by atoms with van der Waals surface area (Å²) < 4.78 is 3.98. The fraction of sp³-hybridized carbons (Fsp3) is 0.667. The Morgan fingerprint density at radius 1 is 1.14 bits per heavy atom. The van der Waals surface area contributed by atoms with Crippen molar-refractivity contribution in [2.24, 2.45) is 0 Å². The molecule has 6 nitrogen and oxygen atoms in total. The molecule has 0 spiro atoms. The molecule has 0 unspecified atom stereocenters. The molecule has 0 saturated heterocycles. The molecule has 0 aromatic heterocycles. The Morgan fingerprint density at radius 3 is 2.07 bits per heavy atom. The molecule has 14 heavy (non-hydrogen) atoms. The molecule has 0 fully saturated rings. The maximum absolute atomic E-state index is 10.6. The second kappa shape index (κ2) is 9.09. The predicted molar refractivity (Wildman–Crippen MR) is 49.5 cm³/mol. The molecule has 0 aliphatic heterocycles. The zero-order valence-electron chi connectivity index (χ0n) is 6.97. The number of carbonyl (C=O) groups excluding carboxylic acids is 1. The van der Waals surface area contributed by atoms with E-state index in [9.17, 15) is 9.59 Å². The molecule has 0 radical (unpaired) electrons. The van der Waals surface area contributed by atoms with Crippen LogP contribution in [0.25, 0.3) is 0 Å². The van der Waals surface area contributed by atoms with E-state index >= 15 is 0 Å². The fourth-order valence-corrected chi connectivity index (χ4v) is 0.722. The maximum atomic E-state index is 10.6. The van der Waals surface area contributed by atoms with E-state index in [1.54, 1.807) is 0 Å². The van der Waals surface area contributed by atoms with Crippen LogP contribution < -0.4 is 0 Å². The van der Waals surface area contributed by atoms with Crippen LogP contribution in [0.5, 0.6) is 0 Å². The molecule has 0 aromatic rings. The van der Waals surface area contributed by atoms with Gasteiger partial charge in [-0.2, -0.15) is 0 Å². The van der Waals surface area contributed by atoms with Crippen molar-refractivity contribution < 1.29 is 29.4 Å². The zero-order valence-corrected chi connectivity index (χ0v) is 6.97. The van der Waals surface area contributed by atoms with Gasteiger partial charge in [-0.25, -0.2) is 0 Å². The van der Waals surface area contributed by atoms with Gasteiger partial charge >= 0.3 is 32.2 Å². The summed E-state index contributed by atoms with van der Waals surface area (Å²) >= 11 is 0. The molecule has 0 aliphatic carbocycles. The minimum atomic E-state index is -2.09. The van der Waals surface area contributed by atoms with Gasteiger partial charge in [-0.3, -0.25) is 9.59 Å². The van der Waals surface area contributed by atoms with E-state index in [-0.39, 0.29) is 31.7 Å². The summed E-state index contributed by atoms with van der Waals surface area (Å²) in [7, 11) is -2.09. The Kier molecular flexibility index (Phi) is 10.4. The van der Waals surface area contributed by atoms with Crippen LogP contribution in [0.2, 0.25) is 0 Å². The number of carboxylic acids is 1. The number of hydrogen-bond acceptors (Lipinski definition) is 5. The predicted octanol–water partition coefficient (Wildman–Crippen LogP) is -1.50. The molecule has 0 heterocycles. The molecule has 3 N–H and O–H groups in total. The van der Waals surface area contributed by atoms with Crippen molar-refractivity contribution in [2.45, 2.75) is 25.7 Å². The molecule has 0 aromatic carbocycles. The number of hydrogen-bond donors (Lipinski definition) is 3. The monoisotopic (exact) mass is 198 g/mol. The van der Waals surface area contributed by atoms with Crippen LogP contribution in [-0.2, 0) is 14.2 Å². The summed E-state index contributed by atoms with van der Waals surface area (Å²) in [6, 6.07) is 0. The molecule has 0 rings (SSSR count). The third kappa shape index (κ3) is 11.5. The second-order valence-corrected chi connectivity index (χ2v) is 2.42. The van der Waals surface area contributed by atoms with Crippen molar-refractivity contribution in [1.82, 2.24) is 0 Å². The Labute approximate surface area is 93.6 Å². The van der Waals surface area contributed by atoms with Gasteiger partial charge in [0.1, 0.15) is 0 Å². The normalized spacial score (nSPS) is 8.71. The van der Waals surface area contributed by atoms with E-state index in [0.29, 0.717) is 12.8 Å². The van der Waals surface area contributed by atoms with Gasteiger partial charge in [-0.15, -0.1) is 0 Å². The first-order valence-electron chi connectivity index (χ1n) is 3.80. The van der Waals surface area contributed by atoms with Gasteiger partial charge in [-0.05, 0) is 12.8 Å². The van der Waals surface area contributed by atoms with E-state index in [1.807, 2.05) is 0 Å². The van der Waals surface area contributed by atoms with E-state index in [4.69, 9.17) is 15.2 Å². The molecule has 0 amide bonds. The standard InChI is InChI=1S/C6H11BO6.Li.H/c8-5(9)3-1-2-4-6(10)13-7(11)12;;/h11-12H,1-4H2,(H,8,9);;. The molecule has 76 valence electrons. The summed E-state index contributed by atoms with van der Waals surface area (Å²) in [6.07, 6.45) is 0.712. The first-order valence-corrected chi connectivity index (χ1v) is 3.80. The van der Waals surface area contributed by atoms with Gasteiger partial charge in [0.05, 0.1) is 0 Å². The molecular weight excluding hydrogens is 186 g/mol. The first kappa shape index (κ1) is 16.0. The summed E-state index contributed by atoms with van der Waals surface area (Å²) in [5.74, 6) is -1.67. The van der Waals surface area contributed by atoms with Crippen LogP contribution in [0.3, 0.4) is 0 Å². The minimum absolute atomic E-state index is 0. The molecule has 0 saturated carbocycles. The van der Waals surface area contributed by atoms with Crippen LogP contribution in [0.1, 0.15) is 25.7 Å². The Morgan fingerprint density at radius 2 is 1.64 bits per heavy atom. The first-order chi connectivity index (χ1) is 6.02. The van der Waals surface area contributed by atoms with E-state index in [1.165, 1.54) is 0 Å². The van der Waals surface area contributed by atoms with Gasteiger partial charge in [0, 0.05) is 12.8 Å². The van der Waals surface area contributed by atoms with E-state index < -0.39 is 19.3 Å². The number of carboxylic acid groups (broad SMARTS) is 1. The van der Waals surface area contributed by atoms with Gasteiger partial charge in [0.15, 0.2) is 0 Å². The number of unbranched alkanes of at least 4 members (excludes halogenated alkanes) is 1. The Balaban J connectivity index is 0. The summed E-state index contributed by atoms with van der Waals surface area (Å²) in [5.41, 5.74) is 0. The van der Waals surface area contributed by atoms with Crippen molar-refractivity contribution in [1.29, 1.82) is 0 Å². The number of carbonyl (C=O) groups is 2. The average molecular weight is 198 g/mol. The molecule has 0 aliphatic rings. The second-order valence-electron chi connectivity index (χ2n) is 2.42. The van der Waals surface area contributed by atoms with Gasteiger partial charge in [0.2, 0.25) is 0 Å².